The van der Waals surface area contributed by atoms with Gasteiger partial charge >= 0.3 is 5.97 Å². The Hall–Kier alpha value is -2.10. The molecule has 1 aromatic rings. The Morgan fingerprint density at radius 2 is 1.89 bits per heavy atom. The number of allylic oxidation sites excluding steroid dienone is 1. The van der Waals surface area contributed by atoms with Gasteiger partial charge in [-0.2, -0.15) is 0 Å². The number of rotatable bonds is 5. The van der Waals surface area contributed by atoms with E-state index in [-0.39, 0.29) is 41.6 Å². The lowest BCUT2D eigenvalue weighted by Gasteiger charge is -2.45. The molecule has 4 nitrogen and oxygen atoms in total. The zero-order valence-corrected chi connectivity index (χ0v) is 17.0. The minimum atomic E-state index is -0.703. The summed E-state index contributed by atoms with van der Waals surface area (Å²) in [5.41, 5.74) is 0.413. The van der Waals surface area contributed by atoms with Crippen LogP contribution in [0.4, 0.5) is 0 Å². The summed E-state index contributed by atoms with van der Waals surface area (Å²) in [6.45, 7) is 11.1. The van der Waals surface area contributed by atoms with Crippen LogP contribution in [-0.2, 0) is 20.9 Å². The highest BCUT2D eigenvalue weighted by Crippen LogP contribution is 2.53. The summed E-state index contributed by atoms with van der Waals surface area (Å²) in [6, 6.07) is 10.1. The van der Waals surface area contributed by atoms with Gasteiger partial charge in [0.05, 0.1) is 17.9 Å². The number of hydrogen-bond donors (Lipinski definition) is 0. The molecule has 0 aromatic heterocycles. The van der Waals surface area contributed by atoms with Crippen LogP contribution in [0.3, 0.4) is 0 Å². The first-order valence-corrected chi connectivity index (χ1v) is 10.0. The molecule has 1 saturated heterocycles. The van der Waals surface area contributed by atoms with E-state index in [0.29, 0.717) is 13.2 Å². The molecule has 1 fully saturated rings. The van der Waals surface area contributed by atoms with Crippen molar-refractivity contribution in [3.8, 4) is 0 Å². The van der Waals surface area contributed by atoms with E-state index in [2.05, 4.69) is 32.9 Å². The fourth-order valence-corrected chi connectivity index (χ4v) is 4.96. The standard InChI is InChI=1S/C23H31NO3/c1-6-27-22(26)23(5)16(4)12-13-18-19(23)20(15(2)3)24(21(18)25)14-17-10-8-7-9-11-17/h7-13,15-16,18-20H,6,14H2,1-5H3/t16-,18+,19+,20-,23-/m0/s1. The average molecular weight is 370 g/mol. The zero-order valence-electron chi connectivity index (χ0n) is 17.0. The molecule has 1 aromatic carbocycles. The third-order valence-electron chi connectivity index (χ3n) is 6.52. The number of carbonyl (C=O) groups is 2. The topological polar surface area (TPSA) is 46.6 Å². The van der Waals surface area contributed by atoms with Gasteiger partial charge in [-0.05, 0) is 31.2 Å². The second-order valence-corrected chi connectivity index (χ2v) is 8.41. The van der Waals surface area contributed by atoms with Crippen LogP contribution in [-0.4, -0.2) is 29.4 Å². The highest BCUT2D eigenvalue weighted by molar-refractivity contribution is 5.88. The van der Waals surface area contributed by atoms with E-state index in [4.69, 9.17) is 4.74 Å². The molecule has 3 rings (SSSR count). The molecule has 1 aliphatic carbocycles. The van der Waals surface area contributed by atoms with Crippen LogP contribution in [0.25, 0.3) is 0 Å². The third kappa shape index (κ3) is 3.19. The maximum Gasteiger partial charge on any atom is 0.312 e. The summed E-state index contributed by atoms with van der Waals surface area (Å²) in [5, 5.41) is 0. The van der Waals surface area contributed by atoms with E-state index in [1.165, 1.54) is 0 Å². The van der Waals surface area contributed by atoms with Gasteiger partial charge in [0.15, 0.2) is 0 Å². The predicted octanol–water partition coefficient (Wildman–Crippen LogP) is 4.06. The summed E-state index contributed by atoms with van der Waals surface area (Å²) in [4.78, 5) is 28.4. The van der Waals surface area contributed by atoms with E-state index in [1.54, 1.807) is 0 Å². The molecule has 4 heteroatoms. The van der Waals surface area contributed by atoms with Crippen molar-refractivity contribution in [2.75, 3.05) is 6.61 Å². The van der Waals surface area contributed by atoms with Gasteiger partial charge in [0.1, 0.15) is 0 Å². The summed E-state index contributed by atoms with van der Waals surface area (Å²) >= 11 is 0. The predicted molar refractivity (Wildman–Crippen MR) is 106 cm³/mol. The van der Waals surface area contributed by atoms with Crippen molar-refractivity contribution in [2.24, 2.45) is 29.1 Å². The van der Waals surface area contributed by atoms with Crippen LogP contribution < -0.4 is 0 Å². The highest BCUT2D eigenvalue weighted by atomic mass is 16.5. The van der Waals surface area contributed by atoms with Gasteiger partial charge in [0.2, 0.25) is 5.91 Å². The van der Waals surface area contributed by atoms with Crippen molar-refractivity contribution in [2.45, 2.75) is 47.2 Å². The summed E-state index contributed by atoms with van der Waals surface area (Å²) in [6.07, 6.45) is 4.05. The number of fused-ring (bicyclic) bond motifs is 1. The van der Waals surface area contributed by atoms with Gasteiger partial charge in [0, 0.05) is 18.5 Å². The lowest BCUT2D eigenvalue weighted by Crippen LogP contribution is -2.51. The van der Waals surface area contributed by atoms with E-state index in [1.807, 2.05) is 49.1 Å². The Bertz CT molecular complexity index is 726. The van der Waals surface area contributed by atoms with Gasteiger partial charge in [0.25, 0.3) is 0 Å². The summed E-state index contributed by atoms with van der Waals surface area (Å²) in [5.74, 6) is -0.110. The van der Waals surface area contributed by atoms with Crippen molar-refractivity contribution in [3.05, 3.63) is 48.0 Å². The maximum absolute atomic E-state index is 13.4. The molecule has 2 aliphatic rings. The molecule has 1 heterocycles. The Morgan fingerprint density at radius 3 is 2.48 bits per heavy atom. The van der Waals surface area contributed by atoms with Crippen molar-refractivity contribution < 1.29 is 14.3 Å². The van der Waals surface area contributed by atoms with Crippen LogP contribution in [0, 0.1) is 29.1 Å². The molecule has 1 aliphatic heterocycles. The molecule has 0 bridgehead atoms. The first-order valence-electron chi connectivity index (χ1n) is 10.0. The highest BCUT2D eigenvalue weighted by Gasteiger charge is 2.61. The number of amides is 1. The van der Waals surface area contributed by atoms with Crippen LogP contribution in [0.2, 0.25) is 0 Å². The molecule has 0 N–H and O–H groups in total. The zero-order chi connectivity index (χ0) is 19.8. The second kappa shape index (κ2) is 7.49. The largest absolute Gasteiger partial charge is 0.466 e. The van der Waals surface area contributed by atoms with Gasteiger partial charge in [-0.1, -0.05) is 63.3 Å². The number of hydrogen-bond acceptors (Lipinski definition) is 3. The molecule has 1 amide bonds. The van der Waals surface area contributed by atoms with Crippen molar-refractivity contribution in [3.63, 3.8) is 0 Å². The molecule has 0 unspecified atom stereocenters. The monoisotopic (exact) mass is 369 g/mol. The van der Waals surface area contributed by atoms with Crippen LogP contribution >= 0.6 is 0 Å². The number of carbonyl (C=O) groups excluding carboxylic acids is 2. The van der Waals surface area contributed by atoms with Crippen LogP contribution in [0.15, 0.2) is 42.5 Å². The lowest BCUT2D eigenvalue weighted by molar-refractivity contribution is -0.163. The Balaban J connectivity index is 2.03. The SMILES string of the molecule is CCOC(=O)[C@]1(C)[C@@H]2[C@@H](C=C[C@@H]1C)C(=O)N(Cc1ccccc1)[C@H]2C(C)C. The first-order chi connectivity index (χ1) is 12.8. The molecule has 0 saturated carbocycles. The Kier molecular flexibility index (Phi) is 5.45. The van der Waals surface area contributed by atoms with Gasteiger partial charge in [-0.15, -0.1) is 0 Å². The molecule has 0 spiro atoms. The van der Waals surface area contributed by atoms with Crippen molar-refractivity contribution in [1.29, 1.82) is 0 Å². The van der Waals surface area contributed by atoms with Crippen molar-refractivity contribution in [1.82, 2.24) is 4.90 Å². The van der Waals surface area contributed by atoms with Crippen LogP contribution in [0.1, 0.15) is 40.2 Å². The van der Waals surface area contributed by atoms with Gasteiger partial charge < -0.3 is 9.64 Å². The van der Waals surface area contributed by atoms with Gasteiger partial charge in [-0.25, -0.2) is 0 Å². The molecule has 146 valence electrons. The maximum atomic E-state index is 13.4. The molecule has 27 heavy (non-hydrogen) atoms. The smallest absolute Gasteiger partial charge is 0.312 e. The molecular formula is C23H31NO3. The number of likely N-dealkylation sites (tertiary alicyclic amines) is 1. The Morgan fingerprint density at radius 1 is 1.22 bits per heavy atom. The van der Waals surface area contributed by atoms with Crippen LogP contribution in [0.5, 0.6) is 0 Å². The molecular weight excluding hydrogens is 338 g/mol. The average Bonchev–Trinajstić information content (AvgIpc) is 2.92. The quantitative estimate of drug-likeness (QED) is 0.581. The van der Waals surface area contributed by atoms with E-state index in [0.717, 1.165) is 5.56 Å². The Labute approximate surface area is 162 Å². The van der Waals surface area contributed by atoms with E-state index >= 15 is 0 Å². The lowest BCUT2D eigenvalue weighted by atomic mass is 9.58. The number of esters is 1. The minimum Gasteiger partial charge on any atom is -0.466 e. The molecule has 5 atom stereocenters. The normalized spacial score (nSPS) is 32.7. The number of benzene rings is 1. The summed E-state index contributed by atoms with van der Waals surface area (Å²) in [7, 11) is 0. The second-order valence-electron chi connectivity index (χ2n) is 8.41. The fraction of sp³-hybridized carbons (Fsp3) is 0.565. The third-order valence-corrected chi connectivity index (χ3v) is 6.52. The number of ether oxygens (including phenoxy) is 1. The van der Waals surface area contributed by atoms with E-state index < -0.39 is 5.41 Å². The van der Waals surface area contributed by atoms with Gasteiger partial charge in [-0.3, -0.25) is 9.59 Å². The number of nitrogens with zero attached hydrogens (tertiary/aromatic N) is 1. The minimum absolute atomic E-state index is 0.00418. The summed E-state index contributed by atoms with van der Waals surface area (Å²) < 4.78 is 5.48. The molecule has 0 radical (unpaired) electrons. The van der Waals surface area contributed by atoms with Crippen molar-refractivity contribution >= 4 is 11.9 Å². The first kappa shape index (κ1) is 19.7. The fourth-order valence-electron chi connectivity index (χ4n) is 4.96. The van der Waals surface area contributed by atoms with E-state index in [9.17, 15) is 9.59 Å².